The second-order valence-electron chi connectivity index (χ2n) is 10.1. The van der Waals surface area contributed by atoms with Crippen molar-refractivity contribution in [3.8, 4) is 11.5 Å². The van der Waals surface area contributed by atoms with Gasteiger partial charge < -0.3 is 29.5 Å². The quantitative estimate of drug-likeness (QED) is 0.217. The fourth-order valence-electron chi connectivity index (χ4n) is 5.10. The molecule has 9 heteroatoms. The summed E-state index contributed by atoms with van der Waals surface area (Å²) < 4.78 is 16.7. The van der Waals surface area contributed by atoms with Gasteiger partial charge in [0.2, 0.25) is 12.7 Å². The van der Waals surface area contributed by atoms with Gasteiger partial charge in [0, 0.05) is 41.8 Å². The highest BCUT2D eigenvalue weighted by atomic mass is 16.7. The first-order valence-electron chi connectivity index (χ1n) is 13.5. The van der Waals surface area contributed by atoms with Crippen LogP contribution in [0.15, 0.2) is 85.2 Å². The van der Waals surface area contributed by atoms with Crippen molar-refractivity contribution in [2.24, 2.45) is 0 Å². The Morgan fingerprint density at radius 3 is 2.63 bits per heavy atom. The fraction of sp³-hybridized carbons (Fsp3) is 0.219. The SMILES string of the molecule is Cc1ncc(CC(C(=O)N[C@@H](Cc2c[nH]c3ccccc23)C(=O)OCc2ccccc2)c2ccc3c(c2)OCO3)[nH]1. The number of ether oxygens (including phenoxy) is 3. The second kappa shape index (κ2) is 11.6. The summed E-state index contributed by atoms with van der Waals surface area (Å²) in [5, 5.41) is 4.00. The molecule has 1 aliphatic heterocycles. The molecule has 41 heavy (non-hydrogen) atoms. The van der Waals surface area contributed by atoms with Crippen molar-refractivity contribution in [1.82, 2.24) is 20.3 Å². The molecule has 0 spiro atoms. The zero-order chi connectivity index (χ0) is 28.2. The molecule has 0 fully saturated rings. The van der Waals surface area contributed by atoms with Crippen molar-refractivity contribution in [3.05, 3.63) is 113 Å². The lowest BCUT2D eigenvalue weighted by Gasteiger charge is -2.22. The Bertz CT molecular complexity index is 1680. The monoisotopic (exact) mass is 550 g/mol. The molecule has 208 valence electrons. The molecule has 0 saturated heterocycles. The number of hydrogen-bond donors (Lipinski definition) is 3. The molecule has 3 heterocycles. The summed E-state index contributed by atoms with van der Waals surface area (Å²) in [5.74, 6) is 0.529. The van der Waals surface area contributed by atoms with Crippen LogP contribution in [0.1, 0.15) is 34.1 Å². The lowest BCUT2D eigenvalue weighted by molar-refractivity contribution is -0.149. The van der Waals surface area contributed by atoms with Crippen molar-refractivity contribution in [1.29, 1.82) is 0 Å². The summed E-state index contributed by atoms with van der Waals surface area (Å²) in [4.78, 5) is 38.2. The van der Waals surface area contributed by atoms with Crippen LogP contribution in [0, 0.1) is 6.92 Å². The van der Waals surface area contributed by atoms with Crippen LogP contribution < -0.4 is 14.8 Å². The molecule has 6 rings (SSSR count). The number of carbonyl (C=O) groups excluding carboxylic acids is 2. The van der Waals surface area contributed by atoms with Gasteiger partial charge in [-0.15, -0.1) is 0 Å². The van der Waals surface area contributed by atoms with Crippen LogP contribution >= 0.6 is 0 Å². The first kappa shape index (κ1) is 26.2. The minimum Gasteiger partial charge on any atom is -0.459 e. The minimum atomic E-state index is -0.912. The van der Waals surface area contributed by atoms with Crippen LogP contribution in [0.5, 0.6) is 11.5 Å². The Balaban J connectivity index is 1.28. The normalized spacial score (nSPS) is 13.6. The standard InChI is InChI=1S/C32H30N4O5/c1-20-33-17-24(35-20)15-26(22-11-12-29-30(14-22)41-19-40-29)31(37)36-28(32(38)39-18-21-7-3-2-4-8-21)13-23-16-34-27-10-6-5-9-25(23)27/h2-12,14,16-17,26,28,34H,13,15,18-19H2,1H3,(H,33,35)(H,36,37)/t26?,28-/m0/s1. The van der Waals surface area contributed by atoms with Gasteiger partial charge in [0.25, 0.3) is 0 Å². The van der Waals surface area contributed by atoms with E-state index in [1.54, 1.807) is 12.3 Å². The Labute approximate surface area is 236 Å². The third-order valence-electron chi connectivity index (χ3n) is 7.22. The van der Waals surface area contributed by atoms with E-state index in [4.69, 9.17) is 14.2 Å². The van der Waals surface area contributed by atoms with Crippen LogP contribution in [0.3, 0.4) is 0 Å². The molecule has 2 atom stereocenters. The number of para-hydroxylation sites is 1. The lowest BCUT2D eigenvalue weighted by atomic mass is 9.92. The van der Waals surface area contributed by atoms with Crippen molar-refractivity contribution in [2.45, 2.75) is 38.3 Å². The number of aryl methyl sites for hydroxylation is 1. The van der Waals surface area contributed by atoms with E-state index in [0.717, 1.165) is 39.1 Å². The Morgan fingerprint density at radius 1 is 1.00 bits per heavy atom. The molecule has 9 nitrogen and oxygen atoms in total. The van der Waals surface area contributed by atoms with E-state index in [2.05, 4.69) is 20.3 Å². The summed E-state index contributed by atoms with van der Waals surface area (Å²) >= 11 is 0. The zero-order valence-corrected chi connectivity index (χ0v) is 22.6. The van der Waals surface area contributed by atoms with Crippen LogP contribution in [0.25, 0.3) is 10.9 Å². The van der Waals surface area contributed by atoms with Gasteiger partial charge in [-0.2, -0.15) is 0 Å². The number of aromatic nitrogens is 3. The average molecular weight is 551 g/mol. The van der Waals surface area contributed by atoms with Gasteiger partial charge >= 0.3 is 5.97 Å². The maximum Gasteiger partial charge on any atom is 0.329 e. The zero-order valence-electron chi connectivity index (χ0n) is 22.6. The van der Waals surface area contributed by atoms with E-state index < -0.39 is 17.9 Å². The van der Waals surface area contributed by atoms with Crippen molar-refractivity contribution in [2.75, 3.05) is 6.79 Å². The molecule has 1 unspecified atom stereocenters. The van der Waals surface area contributed by atoms with E-state index >= 15 is 0 Å². The average Bonchev–Trinajstić information content (AvgIpc) is 3.74. The highest BCUT2D eigenvalue weighted by Crippen LogP contribution is 2.35. The first-order chi connectivity index (χ1) is 20.0. The number of hydrogen-bond acceptors (Lipinski definition) is 6. The molecule has 5 aromatic rings. The smallest absolute Gasteiger partial charge is 0.329 e. The number of carbonyl (C=O) groups is 2. The van der Waals surface area contributed by atoms with E-state index in [9.17, 15) is 9.59 Å². The number of rotatable bonds is 10. The minimum absolute atomic E-state index is 0.110. The predicted octanol–water partition coefficient (Wildman–Crippen LogP) is 4.73. The Hall–Kier alpha value is -5.05. The van der Waals surface area contributed by atoms with Crippen molar-refractivity contribution in [3.63, 3.8) is 0 Å². The van der Waals surface area contributed by atoms with Gasteiger partial charge in [0.05, 0.1) is 5.92 Å². The molecule has 1 amide bonds. The van der Waals surface area contributed by atoms with Gasteiger partial charge in [-0.25, -0.2) is 9.78 Å². The van der Waals surface area contributed by atoms with E-state index in [0.29, 0.717) is 17.9 Å². The maximum atomic E-state index is 14.0. The molecule has 0 aliphatic carbocycles. The van der Waals surface area contributed by atoms with Gasteiger partial charge in [-0.05, 0) is 41.8 Å². The Morgan fingerprint density at radius 2 is 1.80 bits per heavy atom. The number of nitrogens with zero attached hydrogens (tertiary/aromatic N) is 1. The highest BCUT2D eigenvalue weighted by molar-refractivity contribution is 5.90. The van der Waals surface area contributed by atoms with E-state index in [-0.39, 0.29) is 25.7 Å². The number of nitrogens with one attached hydrogen (secondary N) is 3. The number of fused-ring (bicyclic) bond motifs is 2. The van der Waals surface area contributed by atoms with Crippen LogP contribution in [-0.2, 0) is 33.8 Å². The molecule has 3 N–H and O–H groups in total. The highest BCUT2D eigenvalue weighted by Gasteiger charge is 2.30. The predicted molar refractivity (Wildman–Crippen MR) is 153 cm³/mol. The van der Waals surface area contributed by atoms with Crippen LogP contribution in [0.4, 0.5) is 0 Å². The van der Waals surface area contributed by atoms with Gasteiger partial charge in [0.15, 0.2) is 11.5 Å². The van der Waals surface area contributed by atoms with Crippen molar-refractivity contribution < 1.29 is 23.8 Å². The summed E-state index contributed by atoms with van der Waals surface area (Å²) in [7, 11) is 0. The lowest BCUT2D eigenvalue weighted by Crippen LogP contribution is -2.45. The van der Waals surface area contributed by atoms with Gasteiger partial charge in [-0.1, -0.05) is 54.6 Å². The van der Waals surface area contributed by atoms with Crippen LogP contribution in [0.2, 0.25) is 0 Å². The topological polar surface area (TPSA) is 118 Å². The summed E-state index contributed by atoms with van der Waals surface area (Å²) in [6, 6.07) is 21.9. The number of benzene rings is 3. The number of H-pyrrole nitrogens is 2. The molecule has 0 saturated carbocycles. The molecular weight excluding hydrogens is 520 g/mol. The molecule has 3 aromatic carbocycles. The summed E-state index contributed by atoms with van der Waals surface area (Å²) in [6.45, 7) is 2.10. The maximum absolute atomic E-state index is 14.0. The Kier molecular flexibility index (Phi) is 7.40. The van der Waals surface area contributed by atoms with E-state index in [1.165, 1.54) is 0 Å². The van der Waals surface area contributed by atoms with E-state index in [1.807, 2.05) is 79.9 Å². The largest absolute Gasteiger partial charge is 0.459 e. The number of esters is 1. The summed E-state index contributed by atoms with van der Waals surface area (Å²) in [5.41, 5.74) is 4.28. The first-order valence-corrected chi connectivity index (χ1v) is 13.5. The third kappa shape index (κ3) is 5.94. The van der Waals surface area contributed by atoms with Gasteiger partial charge in [0.1, 0.15) is 18.5 Å². The number of imidazole rings is 1. The molecule has 0 radical (unpaired) electrons. The fourth-order valence-corrected chi connectivity index (χ4v) is 5.10. The third-order valence-corrected chi connectivity index (χ3v) is 7.22. The second-order valence-corrected chi connectivity index (χ2v) is 10.1. The van der Waals surface area contributed by atoms with Crippen molar-refractivity contribution >= 4 is 22.8 Å². The molecule has 2 aromatic heterocycles. The molecular formula is C32H30N4O5. The number of amides is 1. The van der Waals surface area contributed by atoms with Gasteiger partial charge in [-0.3, -0.25) is 4.79 Å². The summed E-state index contributed by atoms with van der Waals surface area (Å²) in [6.07, 6.45) is 4.21. The number of aromatic amines is 2. The molecule has 0 bridgehead atoms. The molecule has 1 aliphatic rings. The van der Waals surface area contributed by atoms with Crippen LogP contribution in [-0.4, -0.2) is 39.7 Å².